The highest BCUT2D eigenvalue weighted by Gasteiger charge is 2.16. The van der Waals surface area contributed by atoms with E-state index >= 15 is 0 Å². The van der Waals surface area contributed by atoms with Crippen molar-refractivity contribution in [3.8, 4) is 0 Å². The minimum absolute atomic E-state index is 0.131. The van der Waals surface area contributed by atoms with Crippen LogP contribution in [0.1, 0.15) is 38.1 Å². The molecule has 2 nitrogen and oxygen atoms in total. The van der Waals surface area contributed by atoms with Gasteiger partial charge in [-0.25, -0.2) is 0 Å². The second-order valence-electron chi connectivity index (χ2n) is 5.35. The van der Waals surface area contributed by atoms with Gasteiger partial charge in [-0.2, -0.15) is 0 Å². The smallest absolute Gasteiger partial charge is 0.176 e. The van der Waals surface area contributed by atoms with E-state index in [-0.39, 0.29) is 5.78 Å². The largest absolute Gasteiger partial charge is 0.293 e. The number of hydrogen-bond donors (Lipinski definition) is 0. The van der Waals surface area contributed by atoms with Gasteiger partial charge in [0.1, 0.15) is 0 Å². The number of rotatable bonds is 6. The van der Waals surface area contributed by atoms with Crippen LogP contribution in [0.2, 0.25) is 5.02 Å². The molecule has 0 saturated heterocycles. The van der Waals surface area contributed by atoms with Crippen molar-refractivity contribution in [3.05, 3.63) is 34.9 Å². The monoisotopic (exact) mass is 267 g/mol. The van der Waals surface area contributed by atoms with Gasteiger partial charge in [-0.15, -0.1) is 0 Å². The minimum Gasteiger partial charge on any atom is -0.293 e. The van der Waals surface area contributed by atoms with Crippen LogP contribution in [-0.4, -0.2) is 29.8 Å². The molecular weight excluding hydrogens is 246 g/mol. The molecule has 1 aromatic carbocycles. The molecule has 0 N–H and O–H groups in total. The second kappa shape index (κ2) is 6.91. The Labute approximate surface area is 115 Å². The third kappa shape index (κ3) is 4.79. The van der Waals surface area contributed by atoms with Gasteiger partial charge in [0.15, 0.2) is 5.78 Å². The number of benzene rings is 1. The summed E-state index contributed by atoms with van der Waals surface area (Å²) in [6.07, 6.45) is 0. The maximum Gasteiger partial charge on any atom is 0.176 e. The fourth-order valence-corrected chi connectivity index (χ4v) is 2.05. The molecule has 0 aliphatic heterocycles. The van der Waals surface area contributed by atoms with Gasteiger partial charge in [-0.3, -0.25) is 9.69 Å². The first-order chi connectivity index (χ1) is 8.40. The van der Waals surface area contributed by atoms with Crippen molar-refractivity contribution in [3.63, 3.8) is 0 Å². The molecule has 3 heteroatoms. The number of hydrogen-bond acceptors (Lipinski definition) is 2. The number of carbonyl (C=O) groups excluding carboxylic acids is 1. The standard InChI is InChI=1S/C15H22ClNO/c1-11(2)9-17(12(3)4)10-15(18)13-6-5-7-14(16)8-13/h5-8,11-12H,9-10H2,1-4H3. The van der Waals surface area contributed by atoms with Crippen LogP contribution in [0.4, 0.5) is 0 Å². The zero-order valence-corrected chi connectivity index (χ0v) is 12.4. The maximum absolute atomic E-state index is 12.2. The molecule has 0 aromatic heterocycles. The van der Waals surface area contributed by atoms with Crippen molar-refractivity contribution in [1.29, 1.82) is 0 Å². The molecule has 0 radical (unpaired) electrons. The molecular formula is C15H22ClNO. The molecule has 100 valence electrons. The van der Waals surface area contributed by atoms with Gasteiger partial charge in [0, 0.05) is 23.2 Å². The Bertz CT molecular complexity index is 401. The van der Waals surface area contributed by atoms with Crippen LogP contribution >= 0.6 is 11.6 Å². The second-order valence-corrected chi connectivity index (χ2v) is 5.79. The number of nitrogens with zero attached hydrogens (tertiary/aromatic N) is 1. The van der Waals surface area contributed by atoms with Gasteiger partial charge >= 0.3 is 0 Å². The summed E-state index contributed by atoms with van der Waals surface area (Å²) in [5.74, 6) is 0.686. The topological polar surface area (TPSA) is 20.3 Å². The Morgan fingerprint density at radius 1 is 1.28 bits per heavy atom. The van der Waals surface area contributed by atoms with Gasteiger partial charge in [-0.05, 0) is 31.9 Å². The van der Waals surface area contributed by atoms with Crippen LogP contribution < -0.4 is 0 Å². The van der Waals surface area contributed by atoms with Gasteiger partial charge in [0.05, 0.1) is 6.54 Å². The summed E-state index contributed by atoms with van der Waals surface area (Å²) in [6.45, 7) is 9.96. The molecule has 0 amide bonds. The van der Waals surface area contributed by atoms with Gasteiger partial charge < -0.3 is 0 Å². The average molecular weight is 268 g/mol. The van der Waals surface area contributed by atoms with E-state index < -0.39 is 0 Å². The van der Waals surface area contributed by atoms with E-state index in [1.165, 1.54) is 0 Å². The number of Topliss-reactive ketones (excluding diaryl/α,β-unsaturated/α-hetero) is 1. The molecule has 0 unspecified atom stereocenters. The fraction of sp³-hybridized carbons (Fsp3) is 0.533. The SMILES string of the molecule is CC(C)CN(CC(=O)c1cccc(Cl)c1)C(C)C. The molecule has 0 aliphatic rings. The summed E-state index contributed by atoms with van der Waals surface area (Å²) in [5, 5.41) is 0.612. The molecule has 1 aromatic rings. The van der Waals surface area contributed by atoms with E-state index in [1.807, 2.05) is 12.1 Å². The molecule has 18 heavy (non-hydrogen) atoms. The number of ketones is 1. The van der Waals surface area contributed by atoms with E-state index in [2.05, 4.69) is 32.6 Å². The highest BCUT2D eigenvalue weighted by Crippen LogP contribution is 2.13. The summed E-state index contributed by atoms with van der Waals surface area (Å²) in [6, 6.07) is 7.53. The molecule has 0 saturated carbocycles. The average Bonchev–Trinajstić information content (AvgIpc) is 2.27. The first kappa shape index (κ1) is 15.2. The Morgan fingerprint density at radius 2 is 1.94 bits per heavy atom. The molecule has 0 heterocycles. The molecule has 0 atom stereocenters. The Balaban J connectivity index is 2.72. The highest BCUT2D eigenvalue weighted by atomic mass is 35.5. The molecule has 0 bridgehead atoms. The lowest BCUT2D eigenvalue weighted by atomic mass is 10.1. The predicted molar refractivity (Wildman–Crippen MR) is 77.3 cm³/mol. The first-order valence-corrected chi connectivity index (χ1v) is 6.80. The van der Waals surface area contributed by atoms with Crippen LogP contribution in [0.5, 0.6) is 0 Å². The molecule has 1 rings (SSSR count). The highest BCUT2D eigenvalue weighted by molar-refractivity contribution is 6.31. The third-order valence-corrected chi connectivity index (χ3v) is 3.06. The van der Waals surface area contributed by atoms with E-state index in [4.69, 9.17) is 11.6 Å². The lowest BCUT2D eigenvalue weighted by Gasteiger charge is -2.27. The summed E-state index contributed by atoms with van der Waals surface area (Å²) in [5.41, 5.74) is 0.692. The minimum atomic E-state index is 0.131. The van der Waals surface area contributed by atoms with Crippen molar-refractivity contribution >= 4 is 17.4 Å². The van der Waals surface area contributed by atoms with Crippen LogP contribution in [0.15, 0.2) is 24.3 Å². The van der Waals surface area contributed by atoms with Gasteiger partial charge in [0.25, 0.3) is 0 Å². The van der Waals surface area contributed by atoms with Crippen molar-refractivity contribution in [2.75, 3.05) is 13.1 Å². The van der Waals surface area contributed by atoms with Crippen molar-refractivity contribution < 1.29 is 4.79 Å². The molecule has 0 spiro atoms. The van der Waals surface area contributed by atoms with Crippen molar-refractivity contribution in [2.24, 2.45) is 5.92 Å². The summed E-state index contributed by atoms with van der Waals surface area (Å²) in [4.78, 5) is 14.4. The van der Waals surface area contributed by atoms with Crippen molar-refractivity contribution in [2.45, 2.75) is 33.7 Å². The Hall–Kier alpha value is -0.860. The summed E-state index contributed by atoms with van der Waals surface area (Å²) in [7, 11) is 0. The number of halogens is 1. The predicted octanol–water partition coefficient (Wildman–Crippen LogP) is 3.89. The van der Waals surface area contributed by atoms with Crippen molar-refractivity contribution in [1.82, 2.24) is 4.90 Å². The van der Waals surface area contributed by atoms with Gasteiger partial charge in [0.2, 0.25) is 0 Å². The fourth-order valence-electron chi connectivity index (χ4n) is 1.86. The quantitative estimate of drug-likeness (QED) is 0.729. The van der Waals surface area contributed by atoms with Gasteiger partial charge in [-0.1, -0.05) is 37.6 Å². The van der Waals surface area contributed by atoms with E-state index in [9.17, 15) is 4.79 Å². The van der Waals surface area contributed by atoms with Crippen LogP contribution in [-0.2, 0) is 0 Å². The molecule has 0 aliphatic carbocycles. The third-order valence-electron chi connectivity index (χ3n) is 2.82. The lowest BCUT2D eigenvalue weighted by Crippen LogP contribution is -2.38. The normalized spacial score (nSPS) is 11.6. The summed E-state index contributed by atoms with van der Waals surface area (Å²) >= 11 is 5.91. The van der Waals surface area contributed by atoms with E-state index in [1.54, 1.807) is 12.1 Å². The van der Waals surface area contributed by atoms with E-state index in [0.717, 1.165) is 6.54 Å². The first-order valence-electron chi connectivity index (χ1n) is 6.43. The Kier molecular flexibility index (Phi) is 5.83. The summed E-state index contributed by atoms with van der Waals surface area (Å²) < 4.78 is 0. The van der Waals surface area contributed by atoms with E-state index in [0.29, 0.717) is 29.1 Å². The Morgan fingerprint density at radius 3 is 2.44 bits per heavy atom. The zero-order valence-electron chi connectivity index (χ0n) is 11.6. The van der Waals surface area contributed by atoms with Crippen LogP contribution in [0.3, 0.4) is 0 Å². The van der Waals surface area contributed by atoms with Crippen LogP contribution in [0.25, 0.3) is 0 Å². The number of carbonyl (C=O) groups is 1. The molecule has 0 fully saturated rings. The maximum atomic E-state index is 12.2. The van der Waals surface area contributed by atoms with Crippen LogP contribution in [0, 0.1) is 5.92 Å². The lowest BCUT2D eigenvalue weighted by molar-refractivity contribution is 0.0893. The zero-order chi connectivity index (χ0) is 13.7.